The third-order valence-corrected chi connectivity index (χ3v) is 2.79. The fraction of sp³-hybridized carbons (Fsp3) is 0.231. The zero-order valence-corrected chi connectivity index (χ0v) is 10.3. The molecule has 0 saturated heterocycles. The molecule has 0 amide bonds. The monoisotopic (exact) mass is 244 g/mol. The maximum absolute atomic E-state index is 13.1. The zero-order valence-electron chi connectivity index (χ0n) is 10.3. The summed E-state index contributed by atoms with van der Waals surface area (Å²) >= 11 is 0. The van der Waals surface area contributed by atoms with Gasteiger partial charge in [0.1, 0.15) is 17.7 Å². The van der Waals surface area contributed by atoms with Crippen LogP contribution in [0.1, 0.15) is 11.4 Å². The first-order chi connectivity index (χ1) is 8.61. The standard InChI is InChI=1S/C13H13FN4/c1-17-6-5-16-13(17)9-18(2)12-4-3-11(14)7-10(12)8-15/h3-7H,9H2,1-2H3. The van der Waals surface area contributed by atoms with Gasteiger partial charge in [-0.05, 0) is 18.2 Å². The van der Waals surface area contributed by atoms with Gasteiger partial charge in [-0.3, -0.25) is 0 Å². The molecule has 0 unspecified atom stereocenters. The minimum absolute atomic E-state index is 0.326. The molecule has 5 heteroatoms. The van der Waals surface area contributed by atoms with Crippen LogP contribution in [0.25, 0.3) is 0 Å². The number of hydrogen-bond acceptors (Lipinski definition) is 3. The van der Waals surface area contributed by atoms with Crippen LogP contribution in [-0.2, 0) is 13.6 Å². The van der Waals surface area contributed by atoms with Gasteiger partial charge in [-0.2, -0.15) is 5.26 Å². The lowest BCUT2D eigenvalue weighted by molar-refractivity contribution is 0.627. The molecule has 1 aromatic carbocycles. The van der Waals surface area contributed by atoms with Gasteiger partial charge in [0.2, 0.25) is 0 Å². The molecule has 0 aliphatic rings. The van der Waals surface area contributed by atoms with E-state index in [0.717, 1.165) is 5.82 Å². The van der Waals surface area contributed by atoms with E-state index in [4.69, 9.17) is 5.26 Å². The molecule has 0 spiro atoms. The van der Waals surface area contributed by atoms with E-state index in [2.05, 4.69) is 4.98 Å². The lowest BCUT2D eigenvalue weighted by Gasteiger charge is -2.20. The van der Waals surface area contributed by atoms with Gasteiger partial charge in [0, 0.05) is 26.5 Å². The van der Waals surface area contributed by atoms with Gasteiger partial charge in [-0.1, -0.05) is 0 Å². The van der Waals surface area contributed by atoms with Gasteiger partial charge >= 0.3 is 0 Å². The Morgan fingerprint density at radius 1 is 1.50 bits per heavy atom. The van der Waals surface area contributed by atoms with Gasteiger partial charge < -0.3 is 9.47 Å². The largest absolute Gasteiger partial charge is 0.366 e. The van der Waals surface area contributed by atoms with E-state index in [9.17, 15) is 4.39 Å². The predicted octanol–water partition coefficient (Wildman–Crippen LogP) is 2.07. The summed E-state index contributed by atoms with van der Waals surface area (Å²) in [6.07, 6.45) is 3.58. The molecule has 0 aliphatic heterocycles. The molecule has 4 nitrogen and oxygen atoms in total. The summed E-state index contributed by atoms with van der Waals surface area (Å²) in [5.41, 5.74) is 1.02. The highest BCUT2D eigenvalue weighted by molar-refractivity contribution is 5.58. The Labute approximate surface area is 105 Å². The van der Waals surface area contributed by atoms with Gasteiger partial charge in [0.15, 0.2) is 0 Å². The fourth-order valence-electron chi connectivity index (χ4n) is 1.78. The molecule has 18 heavy (non-hydrogen) atoms. The molecule has 0 saturated carbocycles. The van der Waals surface area contributed by atoms with Crippen molar-refractivity contribution in [1.82, 2.24) is 9.55 Å². The maximum atomic E-state index is 13.1. The topological polar surface area (TPSA) is 44.9 Å². The number of imidazole rings is 1. The Hall–Kier alpha value is -2.35. The van der Waals surface area contributed by atoms with E-state index in [-0.39, 0.29) is 0 Å². The van der Waals surface area contributed by atoms with E-state index in [1.165, 1.54) is 12.1 Å². The van der Waals surface area contributed by atoms with E-state index in [1.54, 1.807) is 12.3 Å². The first-order valence-corrected chi connectivity index (χ1v) is 5.49. The summed E-state index contributed by atoms with van der Waals surface area (Å²) in [7, 11) is 3.76. The highest BCUT2D eigenvalue weighted by Crippen LogP contribution is 2.21. The van der Waals surface area contributed by atoms with Crippen LogP contribution in [0.2, 0.25) is 0 Å². The molecule has 2 aromatic rings. The molecule has 0 atom stereocenters. The predicted molar refractivity (Wildman–Crippen MR) is 66.4 cm³/mol. The van der Waals surface area contributed by atoms with Crippen molar-refractivity contribution >= 4 is 5.69 Å². The second-order valence-electron chi connectivity index (χ2n) is 4.08. The summed E-state index contributed by atoms with van der Waals surface area (Å²) in [6, 6.07) is 6.20. The quantitative estimate of drug-likeness (QED) is 0.830. The molecule has 0 aliphatic carbocycles. The second-order valence-corrected chi connectivity index (χ2v) is 4.08. The third kappa shape index (κ3) is 2.33. The van der Waals surface area contributed by atoms with E-state index in [0.29, 0.717) is 17.8 Å². The average molecular weight is 244 g/mol. The minimum Gasteiger partial charge on any atom is -0.366 e. The number of aromatic nitrogens is 2. The van der Waals surface area contributed by atoms with Crippen LogP contribution < -0.4 is 4.90 Å². The Bertz CT molecular complexity index is 597. The van der Waals surface area contributed by atoms with E-state index < -0.39 is 5.82 Å². The molecule has 0 radical (unpaired) electrons. The molecular weight excluding hydrogens is 231 g/mol. The number of nitriles is 1. The first-order valence-electron chi connectivity index (χ1n) is 5.49. The smallest absolute Gasteiger partial charge is 0.127 e. The number of aryl methyl sites for hydroxylation is 1. The second kappa shape index (κ2) is 4.88. The molecule has 0 N–H and O–H groups in total. The Morgan fingerprint density at radius 3 is 2.89 bits per heavy atom. The van der Waals surface area contributed by atoms with Crippen LogP contribution in [0.15, 0.2) is 30.6 Å². The van der Waals surface area contributed by atoms with E-state index in [1.807, 2.05) is 35.8 Å². The van der Waals surface area contributed by atoms with Crippen molar-refractivity contribution in [2.75, 3.05) is 11.9 Å². The average Bonchev–Trinajstić information content (AvgIpc) is 2.74. The summed E-state index contributed by atoms with van der Waals surface area (Å²) in [4.78, 5) is 6.09. The number of rotatable bonds is 3. The zero-order chi connectivity index (χ0) is 13.1. The number of hydrogen-bond donors (Lipinski definition) is 0. The SMILES string of the molecule is CN(Cc1nccn1C)c1ccc(F)cc1C#N. The van der Waals surface area contributed by atoms with Crippen molar-refractivity contribution in [3.63, 3.8) is 0 Å². The van der Waals surface area contributed by atoms with Crippen molar-refractivity contribution in [1.29, 1.82) is 5.26 Å². The van der Waals surface area contributed by atoms with Crippen LogP contribution in [-0.4, -0.2) is 16.6 Å². The van der Waals surface area contributed by atoms with Crippen LogP contribution in [0.5, 0.6) is 0 Å². The van der Waals surface area contributed by atoms with Crippen LogP contribution in [0.3, 0.4) is 0 Å². The first kappa shape index (κ1) is 12.1. The van der Waals surface area contributed by atoms with Gasteiger partial charge in [-0.25, -0.2) is 9.37 Å². The molecule has 92 valence electrons. The van der Waals surface area contributed by atoms with E-state index >= 15 is 0 Å². The molecule has 1 heterocycles. The van der Waals surface area contributed by atoms with Crippen LogP contribution >= 0.6 is 0 Å². The highest BCUT2D eigenvalue weighted by atomic mass is 19.1. The maximum Gasteiger partial charge on any atom is 0.127 e. The molecule has 0 fully saturated rings. The fourth-order valence-corrected chi connectivity index (χ4v) is 1.78. The lowest BCUT2D eigenvalue weighted by atomic mass is 10.1. The summed E-state index contributed by atoms with van der Waals surface area (Å²) < 4.78 is 15.0. The van der Waals surface area contributed by atoms with Gasteiger partial charge in [0.05, 0.1) is 17.8 Å². The van der Waals surface area contributed by atoms with Crippen molar-refractivity contribution in [3.05, 3.63) is 47.8 Å². The molecule has 0 bridgehead atoms. The van der Waals surface area contributed by atoms with Crippen molar-refractivity contribution in [2.24, 2.45) is 7.05 Å². The number of benzene rings is 1. The van der Waals surface area contributed by atoms with Crippen LogP contribution in [0, 0.1) is 17.1 Å². The summed E-state index contributed by atoms with van der Waals surface area (Å²) in [6.45, 7) is 0.559. The van der Waals surface area contributed by atoms with Gasteiger partial charge in [-0.15, -0.1) is 0 Å². The Kier molecular flexibility index (Phi) is 3.28. The molecule has 2 rings (SSSR count). The summed E-state index contributed by atoms with van der Waals surface area (Å²) in [5.74, 6) is 0.478. The third-order valence-electron chi connectivity index (χ3n) is 2.79. The van der Waals surface area contributed by atoms with Crippen molar-refractivity contribution in [3.8, 4) is 6.07 Å². The highest BCUT2D eigenvalue weighted by Gasteiger charge is 2.10. The van der Waals surface area contributed by atoms with Gasteiger partial charge in [0.25, 0.3) is 0 Å². The Balaban J connectivity index is 2.27. The van der Waals surface area contributed by atoms with Crippen molar-refractivity contribution in [2.45, 2.75) is 6.54 Å². The van der Waals surface area contributed by atoms with Crippen molar-refractivity contribution < 1.29 is 4.39 Å². The lowest BCUT2D eigenvalue weighted by Crippen LogP contribution is -2.20. The Morgan fingerprint density at radius 2 is 2.28 bits per heavy atom. The van der Waals surface area contributed by atoms with Crippen LogP contribution in [0.4, 0.5) is 10.1 Å². The minimum atomic E-state index is -0.402. The number of halogens is 1. The molecular formula is C13H13FN4. The molecule has 1 aromatic heterocycles. The normalized spacial score (nSPS) is 10.1. The number of nitrogens with zero attached hydrogens (tertiary/aromatic N) is 4. The summed E-state index contributed by atoms with van der Waals surface area (Å²) in [5, 5.41) is 9.01. The number of anilines is 1.